The van der Waals surface area contributed by atoms with E-state index in [4.69, 9.17) is 22.1 Å². The Morgan fingerprint density at radius 2 is 2.27 bits per heavy atom. The first-order valence-electron chi connectivity index (χ1n) is 9.07. The van der Waals surface area contributed by atoms with Crippen LogP contribution in [0.2, 0.25) is 5.02 Å². The van der Waals surface area contributed by atoms with Gasteiger partial charge in [-0.3, -0.25) is 9.80 Å². The highest BCUT2D eigenvalue weighted by molar-refractivity contribution is 6.30. The Morgan fingerprint density at radius 1 is 1.40 bits per heavy atom. The molecule has 0 radical (unpaired) electrons. The number of amides is 1. The number of hydrogen-bond acceptors (Lipinski definition) is 7. The van der Waals surface area contributed by atoms with Gasteiger partial charge in [-0.1, -0.05) is 17.3 Å². The third kappa shape index (κ3) is 3.77. The van der Waals surface area contributed by atoms with Crippen LogP contribution in [0, 0.1) is 0 Å². The maximum Gasteiger partial charge on any atom is 0.261 e. The number of halogens is 1. The predicted molar refractivity (Wildman–Crippen MR) is 113 cm³/mol. The molecule has 0 fully saturated rings. The number of nitrogens with zero attached hydrogens (tertiary/aromatic N) is 5. The van der Waals surface area contributed by atoms with Crippen LogP contribution in [0.25, 0.3) is 11.3 Å². The molecule has 1 amide bonds. The van der Waals surface area contributed by atoms with Crippen molar-refractivity contribution in [2.75, 3.05) is 20.2 Å². The van der Waals surface area contributed by atoms with Gasteiger partial charge >= 0.3 is 0 Å². The standard InChI is InChI=1S/C20H18ClN7O2/c1-30-18-4-3-13(21)9-15(18)17-10-14(11-24-27(17)8-5-22)26-20(29)16-12-25-28-7-2-6-23-19(16)28/h2-4,6-7,9,11-12H,5,8,22H2,1H3,(H,26,29). The van der Waals surface area contributed by atoms with Gasteiger partial charge in [0.1, 0.15) is 22.7 Å². The molecule has 0 unspecified atom stereocenters. The van der Waals surface area contributed by atoms with E-state index in [1.54, 1.807) is 48.8 Å². The first-order chi connectivity index (χ1) is 14.6. The summed E-state index contributed by atoms with van der Waals surface area (Å²) in [6.45, 7) is 0.828. The van der Waals surface area contributed by atoms with Gasteiger partial charge in [0.15, 0.2) is 5.65 Å². The van der Waals surface area contributed by atoms with E-state index in [1.165, 1.54) is 16.9 Å². The molecule has 0 aliphatic carbocycles. The van der Waals surface area contributed by atoms with E-state index in [0.29, 0.717) is 52.0 Å². The van der Waals surface area contributed by atoms with Crippen LogP contribution in [0.5, 0.6) is 5.75 Å². The highest BCUT2D eigenvalue weighted by Gasteiger charge is 2.20. The van der Waals surface area contributed by atoms with Crippen molar-refractivity contribution in [2.24, 2.45) is 10.8 Å². The molecule has 10 heteroatoms. The Morgan fingerprint density at radius 3 is 3.07 bits per heavy atom. The van der Waals surface area contributed by atoms with Gasteiger partial charge in [-0.15, -0.1) is 0 Å². The molecule has 4 rings (SSSR count). The van der Waals surface area contributed by atoms with Crippen LogP contribution in [0.3, 0.4) is 0 Å². The summed E-state index contributed by atoms with van der Waals surface area (Å²) in [7, 11) is 1.57. The minimum Gasteiger partial charge on any atom is -0.496 e. The maximum absolute atomic E-state index is 12.8. The number of carbonyl (C=O) groups is 1. The summed E-state index contributed by atoms with van der Waals surface area (Å²) in [6.07, 6.45) is 6.29. The molecule has 1 aliphatic heterocycles. The zero-order valence-electron chi connectivity index (χ0n) is 16.0. The normalized spacial score (nSPS) is 13.2. The second-order valence-corrected chi connectivity index (χ2v) is 6.72. The quantitative estimate of drug-likeness (QED) is 0.586. The van der Waals surface area contributed by atoms with Crippen molar-refractivity contribution in [2.45, 2.75) is 0 Å². The molecule has 1 aromatic carbocycles. The highest BCUT2D eigenvalue weighted by atomic mass is 35.5. The van der Waals surface area contributed by atoms with E-state index in [-0.39, 0.29) is 5.91 Å². The van der Waals surface area contributed by atoms with Gasteiger partial charge in [0.05, 0.1) is 31.6 Å². The lowest BCUT2D eigenvalue weighted by molar-refractivity contribution is 0.0969. The van der Waals surface area contributed by atoms with Gasteiger partial charge in [-0.05, 0) is 24.3 Å². The van der Waals surface area contributed by atoms with Crippen LogP contribution >= 0.6 is 11.6 Å². The summed E-state index contributed by atoms with van der Waals surface area (Å²) in [5, 5.41) is 13.6. The molecule has 3 heterocycles. The molecule has 0 spiro atoms. The average Bonchev–Trinajstić information content (AvgIpc) is 3.19. The molecule has 9 nitrogen and oxygen atoms in total. The number of hydrazone groups is 1. The first kappa shape index (κ1) is 19.7. The lowest BCUT2D eigenvalue weighted by Crippen LogP contribution is -2.29. The average molecular weight is 424 g/mol. The monoisotopic (exact) mass is 423 g/mol. The van der Waals surface area contributed by atoms with Crippen molar-refractivity contribution < 1.29 is 9.53 Å². The highest BCUT2D eigenvalue weighted by Crippen LogP contribution is 2.31. The molecule has 0 atom stereocenters. The smallest absolute Gasteiger partial charge is 0.261 e. The molecular formula is C20H18ClN7O2. The van der Waals surface area contributed by atoms with E-state index >= 15 is 0 Å². The molecule has 0 bridgehead atoms. The molecule has 0 saturated heterocycles. The van der Waals surface area contributed by atoms with Crippen LogP contribution < -0.4 is 15.8 Å². The summed E-state index contributed by atoms with van der Waals surface area (Å²) in [5.74, 6) is 0.223. The number of allylic oxidation sites excluding steroid dienone is 1. The van der Waals surface area contributed by atoms with Gasteiger partial charge in [0.25, 0.3) is 5.91 Å². The first-order valence-corrected chi connectivity index (χ1v) is 9.44. The van der Waals surface area contributed by atoms with Crippen LogP contribution in [0.4, 0.5) is 0 Å². The molecule has 30 heavy (non-hydrogen) atoms. The number of methoxy groups -OCH3 is 1. The predicted octanol–water partition coefficient (Wildman–Crippen LogP) is 1.91. The summed E-state index contributed by atoms with van der Waals surface area (Å²) >= 11 is 6.19. The van der Waals surface area contributed by atoms with Gasteiger partial charge < -0.3 is 15.8 Å². The van der Waals surface area contributed by atoms with Crippen LogP contribution in [0.15, 0.2) is 59.4 Å². The Kier molecular flexibility index (Phi) is 5.49. The van der Waals surface area contributed by atoms with Gasteiger partial charge in [0.2, 0.25) is 0 Å². The third-order valence-corrected chi connectivity index (χ3v) is 4.60. The number of ether oxygens (including phenoxy) is 1. The van der Waals surface area contributed by atoms with E-state index in [1.807, 2.05) is 0 Å². The summed E-state index contributed by atoms with van der Waals surface area (Å²) in [4.78, 5) is 17.0. The van der Waals surface area contributed by atoms with Crippen LogP contribution in [-0.2, 0) is 0 Å². The number of fused-ring (bicyclic) bond motifs is 1. The molecule has 1 aliphatic rings. The molecule has 3 N–H and O–H groups in total. The second kappa shape index (κ2) is 8.38. The molecule has 152 valence electrons. The summed E-state index contributed by atoms with van der Waals surface area (Å²) < 4.78 is 6.99. The number of aromatic nitrogens is 3. The van der Waals surface area contributed by atoms with E-state index < -0.39 is 0 Å². The number of rotatable bonds is 6. The third-order valence-electron chi connectivity index (χ3n) is 4.37. The fraction of sp³-hybridized carbons (Fsp3) is 0.150. The Balaban J connectivity index is 1.74. The molecule has 0 saturated carbocycles. The minimum absolute atomic E-state index is 0.338. The van der Waals surface area contributed by atoms with Crippen molar-refractivity contribution in [3.05, 3.63) is 70.4 Å². The maximum atomic E-state index is 12.8. The minimum atomic E-state index is -0.373. The molecule has 3 aromatic rings. The van der Waals surface area contributed by atoms with E-state index in [2.05, 4.69) is 26.2 Å². The topological polar surface area (TPSA) is 110 Å². The summed E-state index contributed by atoms with van der Waals surface area (Å²) in [5.41, 5.74) is 11.3. The van der Waals surface area contributed by atoms with Crippen LogP contribution in [0.1, 0.15) is 15.9 Å². The van der Waals surface area contributed by atoms with E-state index in [0.717, 1.165) is 0 Å². The Bertz CT molecular complexity index is 1210. The fourth-order valence-electron chi connectivity index (χ4n) is 3.01. The number of nitrogens with two attached hydrogens (primary N) is 1. The lowest BCUT2D eigenvalue weighted by atomic mass is 10.1. The van der Waals surface area contributed by atoms with Gasteiger partial charge in [0, 0.05) is 24.0 Å². The van der Waals surface area contributed by atoms with Gasteiger partial charge in [-0.25, -0.2) is 9.50 Å². The number of hydrogen-bond donors (Lipinski definition) is 2. The largest absolute Gasteiger partial charge is 0.496 e. The van der Waals surface area contributed by atoms with Crippen molar-refractivity contribution in [1.82, 2.24) is 24.9 Å². The van der Waals surface area contributed by atoms with Gasteiger partial charge in [-0.2, -0.15) is 10.2 Å². The molecule has 2 aromatic heterocycles. The number of benzene rings is 1. The Labute approximate surface area is 177 Å². The summed E-state index contributed by atoms with van der Waals surface area (Å²) in [6, 6.07) is 6.97. The number of nitrogens with one attached hydrogen (secondary N) is 1. The second-order valence-electron chi connectivity index (χ2n) is 6.29. The van der Waals surface area contributed by atoms with Crippen molar-refractivity contribution in [1.29, 1.82) is 0 Å². The van der Waals surface area contributed by atoms with Crippen molar-refractivity contribution in [3.63, 3.8) is 0 Å². The SMILES string of the molecule is COc1ccc(Cl)cc1C1=C=C(NC(=O)c2cnn3cccnc23)C=NN1CCN. The van der Waals surface area contributed by atoms with Crippen LogP contribution in [-0.4, -0.2) is 51.9 Å². The zero-order chi connectivity index (χ0) is 21.1. The fourth-order valence-corrected chi connectivity index (χ4v) is 3.19. The zero-order valence-corrected chi connectivity index (χ0v) is 16.8. The van der Waals surface area contributed by atoms with Crippen molar-refractivity contribution in [3.8, 4) is 5.75 Å². The number of carbonyl (C=O) groups excluding carboxylic acids is 1. The molecular weight excluding hydrogens is 406 g/mol. The van der Waals surface area contributed by atoms with E-state index in [9.17, 15) is 4.79 Å². The van der Waals surface area contributed by atoms with Crippen molar-refractivity contribution >= 4 is 35.1 Å². The Hall–Kier alpha value is -3.65. The lowest BCUT2D eigenvalue weighted by Gasteiger charge is -2.24.